The molecule has 15 heavy (non-hydrogen) atoms. The van der Waals surface area contributed by atoms with Gasteiger partial charge in [-0.2, -0.15) is 9.49 Å². The second-order valence-corrected chi connectivity index (χ2v) is 3.68. The molecule has 0 radical (unpaired) electrons. The monoisotopic (exact) mass is 205 g/mol. The van der Waals surface area contributed by atoms with Crippen LogP contribution in [-0.4, -0.2) is 14.8 Å². The highest BCUT2D eigenvalue weighted by atomic mass is 19.1. The van der Waals surface area contributed by atoms with Crippen LogP contribution in [0.25, 0.3) is 5.69 Å². The highest BCUT2D eigenvalue weighted by Gasteiger charge is 2.05. The van der Waals surface area contributed by atoms with E-state index >= 15 is 0 Å². The van der Waals surface area contributed by atoms with Crippen molar-refractivity contribution in [3.63, 3.8) is 0 Å². The highest BCUT2D eigenvalue weighted by molar-refractivity contribution is 5.28. The predicted molar refractivity (Wildman–Crippen MR) is 55.4 cm³/mol. The molecule has 0 unspecified atom stereocenters. The molecule has 0 bridgehead atoms. The molecule has 78 valence electrons. The lowest BCUT2D eigenvalue weighted by molar-refractivity contribution is 0.581. The van der Waals surface area contributed by atoms with Gasteiger partial charge in [-0.3, -0.25) is 0 Å². The summed E-state index contributed by atoms with van der Waals surface area (Å²) >= 11 is 0. The summed E-state index contributed by atoms with van der Waals surface area (Å²) < 4.78 is 14.5. The molecule has 0 amide bonds. The van der Waals surface area contributed by atoms with Crippen molar-refractivity contribution < 1.29 is 4.39 Å². The van der Waals surface area contributed by atoms with Gasteiger partial charge < -0.3 is 0 Å². The highest BCUT2D eigenvalue weighted by Crippen LogP contribution is 2.13. The van der Waals surface area contributed by atoms with E-state index in [1.807, 2.05) is 12.3 Å². The van der Waals surface area contributed by atoms with Crippen LogP contribution in [-0.2, 0) is 0 Å². The molecule has 0 aliphatic heterocycles. The van der Waals surface area contributed by atoms with Crippen molar-refractivity contribution in [1.82, 2.24) is 14.8 Å². The molecule has 0 saturated carbocycles. The zero-order chi connectivity index (χ0) is 10.8. The molecule has 0 spiro atoms. The molecular weight excluding hydrogens is 193 g/mol. The second kappa shape index (κ2) is 3.81. The molecule has 0 fully saturated rings. The molecule has 0 aromatic carbocycles. The minimum Gasteiger partial charge on any atom is -0.240 e. The summed E-state index contributed by atoms with van der Waals surface area (Å²) in [7, 11) is 0. The van der Waals surface area contributed by atoms with E-state index in [-0.39, 0.29) is 0 Å². The molecule has 4 heteroatoms. The Bertz CT molecular complexity index is 462. The Kier molecular flexibility index (Phi) is 2.49. The van der Waals surface area contributed by atoms with Crippen molar-refractivity contribution in [3.8, 4) is 5.69 Å². The number of rotatable bonds is 2. The number of halogens is 1. The van der Waals surface area contributed by atoms with Crippen molar-refractivity contribution in [3.05, 3.63) is 42.2 Å². The Hall–Kier alpha value is -1.71. The molecular formula is C11H12FN3. The van der Waals surface area contributed by atoms with Crippen molar-refractivity contribution in [2.45, 2.75) is 19.8 Å². The van der Waals surface area contributed by atoms with Gasteiger partial charge in [0.2, 0.25) is 5.95 Å². The molecule has 2 aromatic heterocycles. The van der Waals surface area contributed by atoms with E-state index in [2.05, 4.69) is 23.9 Å². The topological polar surface area (TPSA) is 30.7 Å². The predicted octanol–water partition coefficient (Wildman–Crippen LogP) is 2.53. The Morgan fingerprint density at radius 2 is 2.13 bits per heavy atom. The smallest absolute Gasteiger partial charge is 0.214 e. The van der Waals surface area contributed by atoms with Gasteiger partial charge in [-0.15, -0.1) is 0 Å². The summed E-state index contributed by atoms with van der Waals surface area (Å²) in [4.78, 5) is 3.50. The molecule has 0 aliphatic carbocycles. The second-order valence-electron chi connectivity index (χ2n) is 3.68. The maximum absolute atomic E-state index is 12.9. The van der Waals surface area contributed by atoms with Gasteiger partial charge in [0, 0.05) is 18.5 Å². The Balaban J connectivity index is 2.37. The van der Waals surface area contributed by atoms with Crippen molar-refractivity contribution in [2.75, 3.05) is 0 Å². The molecule has 0 N–H and O–H groups in total. The number of hydrogen-bond acceptors (Lipinski definition) is 2. The standard InChI is InChI=1S/C11H12FN3/c1-8(2)10-4-6-15(14-10)9-3-5-13-11(12)7-9/h3-8H,1-2H3. The molecule has 2 rings (SSSR count). The van der Waals surface area contributed by atoms with E-state index in [1.165, 1.54) is 12.3 Å². The van der Waals surface area contributed by atoms with Crippen LogP contribution in [0.2, 0.25) is 0 Å². The first kappa shape index (κ1) is 9.83. The third-order valence-electron chi connectivity index (χ3n) is 2.18. The third-order valence-corrected chi connectivity index (χ3v) is 2.18. The van der Waals surface area contributed by atoms with E-state index in [9.17, 15) is 4.39 Å². The van der Waals surface area contributed by atoms with Crippen molar-refractivity contribution >= 4 is 0 Å². The normalized spacial score (nSPS) is 10.9. The minimum atomic E-state index is -0.492. The Morgan fingerprint density at radius 3 is 2.73 bits per heavy atom. The van der Waals surface area contributed by atoms with Gasteiger partial charge in [0.05, 0.1) is 11.4 Å². The number of aromatic nitrogens is 3. The van der Waals surface area contributed by atoms with Gasteiger partial charge in [0.15, 0.2) is 0 Å². The lowest BCUT2D eigenvalue weighted by atomic mass is 10.1. The first-order valence-corrected chi connectivity index (χ1v) is 4.84. The van der Waals surface area contributed by atoms with Crippen LogP contribution in [0.15, 0.2) is 30.6 Å². The van der Waals surface area contributed by atoms with Gasteiger partial charge in [0.1, 0.15) is 0 Å². The van der Waals surface area contributed by atoms with E-state index < -0.39 is 5.95 Å². The summed E-state index contributed by atoms with van der Waals surface area (Å²) in [5, 5.41) is 4.34. The van der Waals surface area contributed by atoms with Crippen LogP contribution in [0.3, 0.4) is 0 Å². The number of pyridine rings is 1. The van der Waals surface area contributed by atoms with Crippen LogP contribution in [0, 0.1) is 5.95 Å². The van der Waals surface area contributed by atoms with Crippen LogP contribution in [0.1, 0.15) is 25.5 Å². The zero-order valence-corrected chi connectivity index (χ0v) is 8.68. The van der Waals surface area contributed by atoms with Gasteiger partial charge in [-0.05, 0) is 18.1 Å². The van der Waals surface area contributed by atoms with Gasteiger partial charge in [0.25, 0.3) is 0 Å². The summed E-state index contributed by atoms with van der Waals surface area (Å²) in [6, 6.07) is 5.01. The summed E-state index contributed by atoms with van der Waals surface area (Å²) in [6.45, 7) is 4.14. The quantitative estimate of drug-likeness (QED) is 0.705. The fourth-order valence-electron chi connectivity index (χ4n) is 1.32. The molecule has 0 aliphatic rings. The first-order valence-electron chi connectivity index (χ1n) is 4.84. The van der Waals surface area contributed by atoms with Gasteiger partial charge >= 0.3 is 0 Å². The Labute approximate surface area is 87.6 Å². The average Bonchev–Trinajstić information content (AvgIpc) is 2.66. The average molecular weight is 205 g/mol. The summed E-state index contributed by atoms with van der Waals surface area (Å²) in [6.07, 6.45) is 3.26. The number of hydrogen-bond donors (Lipinski definition) is 0. The SMILES string of the molecule is CC(C)c1ccn(-c2ccnc(F)c2)n1. The van der Waals surface area contributed by atoms with Crippen molar-refractivity contribution in [1.29, 1.82) is 0 Å². The maximum Gasteiger partial charge on any atom is 0.214 e. The lowest BCUT2D eigenvalue weighted by Crippen LogP contribution is -1.98. The van der Waals surface area contributed by atoms with E-state index in [0.29, 0.717) is 11.6 Å². The minimum absolute atomic E-state index is 0.373. The van der Waals surface area contributed by atoms with Gasteiger partial charge in [-0.1, -0.05) is 13.8 Å². The van der Waals surface area contributed by atoms with Crippen LogP contribution >= 0.6 is 0 Å². The van der Waals surface area contributed by atoms with Crippen LogP contribution in [0.5, 0.6) is 0 Å². The van der Waals surface area contributed by atoms with E-state index in [0.717, 1.165) is 5.69 Å². The lowest BCUT2D eigenvalue weighted by Gasteiger charge is -2.01. The third kappa shape index (κ3) is 2.03. The molecule has 2 aromatic rings. The molecule has 3 nitrogen and oxygen atoms in total. The summed E-state index contributed by atoms with van der Waals surface area (Å²) in [5.74, 6) is -0.118. The zero-order valence-electron chi connectivity index (χ0n) is 8.68. The fraction of sp³-hybridized carbons (Fsp3) is 0.273. The van der Waals surface area contributed by atoms with Crippen LogP contribution in [0.4, 0.5) is 4.39 Å². The summed E-state index contributed by atoms with van der Waals surface area (Å²) in [5.41, 5.74) is 1.68. The van der Waals surface area contributed by atoms with E-state index in [1.54, 1.807) is 10.7 Å². The van der Waals surface area contributed by atoms with Gasteiger partial charge in [-0.25, -0.2) is 9.67 Å². The fourth-order valence-corrected chi connectivity index (χ4v) is 1.32. The molecule has 0 saturated heterocycles. The number of nitrogens with zero attached hydrogens (tertiary/aromatic N) is 3. The maximum atomic E-state index is 12.9. The first-order chi connectivity index (χ1) is 7.16. The van der Waals surface area contributed by atoms with Crippen molar-refractivity contribution in [2.24, 2.45) is 0 Å². The molecule has 0 atom stereocenters. The molecule has 2 heterocycles. The van der Waals surface area contributed by atoms with E-state index in [4.69, 9.17) is 0 Å². The Morgan fingerprint density at radius 1 is 1.33 bits per heavy atom. The largest absolute Gasteiger partial charge is 0.240 e. The van der Waals surface area contributed by atoms with Crippen LogP contribution < -0.4 is 0 Å².